The predicted octanol–water partition coefficient (Wildman–Crippen LogP) is 6.51. The Morgan fingerprint density at radius 1 is 1.06 bits per heavy atom. The minimum Gasteiger partial charge on any atom is -0.455 e. The maximum Gasteiger partial charge on any atom is 0.247 e. The van der Waals surface area contributed by atoms with Crippen molar-refractivity contribution < 1.29 is 13.9 Å². The fraction of sp³-hybridized carbons (Fsp3) is 0.200. The monoisotopic (exact) mass is 536 g/mol. The molecule has 1 atom stereocenters. The lowest BCUT2D eigenvalue weighted by atomic mass is 10.1. The molecule has 2 aromatic carbocycles. The van der Waals surface area contributed by atoms with Crippen LogP contribution in [0.25, 0.3) is 22.6 Å². The highest BCUT2D eigenvalue weighted by molar-refractivity contribution is 9.10. The first-order valence-corrected chi connectivity index (χ1v) is 12.7. The number of fused-ring (bicyclic) bond motifs is 3. The molecule has 0 N–H and O–H groups in total. The molecule has 0 unspecified atom stereocenters. The number of furan rings is 1. The van der Waals surface area contributed by atoms with Crippen molar-refractivity contribution in [2.75, 3.05) is 10.7 Å². The maximum atomic E-state index is 13.2. The Morgan fingerprint density at radius 3 is 2.62 bits per heavy atom. The van der Waals surface area contributed by atoms with Gasteiger partial charge in [-0.2, -0.15) is 4.98 Å². The van der Waals surface area contributed by atoms with Gasteiger partial charge in [0.15, 0.2) is 11.5 Å². The van der Waals surface area contributed by atoms with E-state index in [4.69, 9.17) is 9.15 Å². The van der Waals surface area contributed by atoms with Gasteiger partial charge < -0.3 is 9.15 Å². The molecule has 3 heterocycles. The van der Waals surface area contributed by atoms with Crippen LogP contribution in [0.1, 0.15) is 32.3 Å². The van der Waals surface area contributed by atoms with Crippen molar-refractivity contribution >= 4 is 39.3 Å². The van der Waals surface area contributed by atoms with Gasteiger partial charge in [0.2, 0.25) is 23.2 Å². The number of aromatic nitrogens is 3. The normalized spacial score (nSPS) is 14.7. The molecule has 0 aliphatic carbocycles. The number of carbonyl (C=O) groups excluding carboxylic acids is 1. The molecule has 0 saturated carbocycles. The van der Waals surface area contributed by atoms with Crippen molar-refractivity contribution in [3.05, 3.63) is 70.9 Å². The van der Waals surface area contributed by atoms with E-state index >= 15 is 0 Å². The van der Waals surface area contributed by atoms with E-state index in [1.54, 1.807) is 4.90 Å². The van der Waals surface area contributed by atoms with Gasteiger partial charge in [0.25, 0.3) is 0 Å². The van der Waals surface area contributed by atoms with Gasteiger partial charge in [0, 0.05) is 22.0 Å². The van der Waals surface area contributed by atoms with Crippen LogP contribution in [0, 0.1) is 0 Å². The number of para-hydroxylation sites is 1. The van der Waals surface area contributed by atoms with E-state index in [2.05, 4.69) is 31.1 Å². The lowest BCUT2D eigenvalue weighted by Crippen LogP contribution is -2.37. The highest BCUT2D eigenvalue weighted by atomic mass is 79.9. The summed E-state index contributed by atoms with van der Waals surface area (Å²) in [4.78, 5) is 19.5. The van der Waals surface area contributed by atoms with Crippen molar-refractivity contribution in [1.82, 2.24) is 15.2 Å². The fourth-order valence-corrected chi connectivity index (χ4v) is 4.55. The van der Waals surface area contributed by atoms with Crippen LogP contribution in [0.5, 0.6) is 5.88 Å². The zero-order valence-electron chi connectivity index (χ0n) is 18.6. The number of anilines is 1. The maximum absolute atomic E-state index is 13.2. The summed E-state index contributed by atoms with van der Waals surface area (Å²) in [5, 5.41) is 9.19. The van der Waals surface area contributed by atoms with Gasteiger partial charge in [-0.15, -0.1) is 10.2 Å². The SMILES string of the molecule is CCSc1nnc2c(n1)O[C@H](c1ccc(-c3ccc(Br)cc3)o1)N(C(=O)CC)c1ccccc1-2. The third-order valence-electron chi connectivity index (χ3n) is 5.36. The molecule has 9 heteroatoms. The topological polar surface area (TPSA) is 81.3 Å². The van der Waals surface area contributed by atoms with E-state index in [-0.39, 0.29) is 5.91 Å². The molecule has 0 bridgehead atoms. The summed E-state index contributed by atoms with van der Waals surface area (Å²) in [6, 6.07) is 19.1. The highest BCUT2D eigenvalue weighted by Gasteiger charge is 2.37. The molecule has 0 radical (unpaired) electrons. The van der Waals surface area contributed by atoms with Crippen LogP contribution in [-0.4, -0.2) is 26.8 Å². The first-order valence-electron chi connectivity index (χ1n) is 10.9. The Balaban J connectivity index is 1.65. The molecule has 0 fully saturated rings. The molecular formula is C25H21BrN4O3S. The number of ether oxygens (including phenoxy) is 1. The Kier molecular flexibility index (Phi) is 6.38. The molecule has 1 amide bonds. The molecule has 1 aliphatic heterocycles. The van der Waals surface area contributed by atoms with Crippen LogP contribution in [0.15, 0.2) is 74.7 Å². The van der Waals surface area contributed by atoms with Gasteiger partial charge in [-0.05, 0) is 36.1 Å². The van der Waals surface area contributed by atoms with E-state index in [0.717, 1.165) is 21.4 Å². The lowest BCUT2D eigenvalue weighted by molar-refractivity contribution is -0.120. The molecule has 5 rings (SSSR count). The van der Waals surface area contributed by atoms with Gasteiger partial charge in [-0.3, -0.25) is 9.69 Å². The van der Waals surface area contributed by atoms with Gasteiger partial charge >= 0.3 is 0 Å². The summed E-state index contributed by atoms with van der Waals surface area (Å²) in [5.74, 6) is 2.18. The predicted molar refractivity (Wildman–Crippen MR) is 135 cm³/mol. The van der Waals surface area contributed by atoms with Crippen LogP contribution in [0.4, 0.5) is 5.69 Å². The molecule has 2 aromatic heterocycles. The number of thioether (sulfide) groups is 1. The summed E-state index contributed by atoms with van der Waals surface area (Å²) < 4.78 is 13.6. The number of benzene rings is 2. The first kappa shape index (κ1) is 22.6. The summed E-state index contributed by atoms with van der Waals surface area (Å²) in [5.41, 5.74) is 2.82. The number of nitrogens with zero attached hydrogens (tertiary/aromatic N) is 4. The van der Waals surface area contributed by atoms with Crippen molar-refractivity contribution in [3.8, 4) is 28.5 Å². The van der Waals surface area contributed by atoms with Gasteiger partial charge in [-0.25, -0.2) is 0 Å². The summed E-state index contributed by atoms with van der Waals surface area (Å²) in [7, 11) is 0. The molecular weight excluding hydrogens is 516 g/mol. The van der Waals surface area contributed by atoms with Crippen LogP contribution in [0.2, 0.25) is 0 Å². The lowest BCUT2D eigenvalue weighted by Gasteiger charge is -2.29. The number of amides is 1. The van der Waals surface area contributed by atoms with Crippen molar-refractivity contribution in [3.63, 3.8) is 0 Å². The Bertz CT molecular complexity index is 1340. The van der Waals surface area contributed by atoms with Crippen LogP contribution in [0.3, 0.4) is 0 Å². The second-order valence-corrected chi connectivity index (χ2v) is 9.64. The van der Waals surface area contributed by atoms with Crippen molar-refractivity contribution in [1.29, 1.82) is 0 Å². The van der Waals surface area contributed by atoms with Gasteiger partial charge in [-0.1, -0.05) is 71.9 Å². The standard InChI is InChI=1S/C25H21BrN4O3S/c1-3-21(31)30-18-8-6-5-7-17(18)22-23(27-25(29-28-22)34-4-2)33-24(30)20-14-13-19(32-20)15-9-11-16(26)12-10-15/h5-14,24H,3-4H2,1-2H3/t24-/m1/s1. The average Bonchev–Trinajstić information content (AvgIpc) is 3.29. The zero-order valence-corrected chi connectivity index (χ0v) is 21.0. The smallest absolute Gasteiger partial charge is 0.247 e. The van der Waals surface area contributed by atoms with Crippen LogP contribution >= 0.6 is 27.7 Å². The third-order valence-corrected chi connectivity index (χ3v) is 6.60. The largest absolute Gasteiger partial charge is 0.455 e. The van der Waals surface area contributed by atoms with Crippen LogP contribution < -0.4 is 9.64 Å². The molecule has 0 saturated heterocycles. The Morgan fingerprint density at radius 2 is 1.85 bits per heavy atom. The fourth-order valence-electron chi connectivity index (χ4n) is 3.78. The average molecular weight is 537 g/mol. The van der Waals surface area contributed by atoms with Crippen molar-refractivity contribution in [2.45, 2.75) is 31.7 Å². The number of halogens is 1. The van der Waals surface area contributed by atoms with Crippen molar-refractivity contribution in [2.24, 2.45) is 0 Å². The molecule has 172 valence electrons. The van der Waals surface area contributed by atoms with E-state index in [0.29, 0.717) is 40.4 Å². The number of hydrogen-bond acceptors (Lipinski definition) is 7. The zero-order chi connectivity index (χ0) is 23.7. The summed E-state index contributed by atoms with van der Waals surface area (Å²) >= 11 is 4.93. The minimum atomic E-state index is -0.852. The number of carbonyl (C=O) groups is 1. The first-order chi connectivity index (χ1) is 16.6. The second kappa shape index (κ2) is 9.60. The highest BCUT2D eigenvalue weighted by Crippen LogP contribution is 2.44. The molecule has 0 spiro atoms. The minimum absolute atomic E-state index is 0.108. The third kappa shape index (κ3) is 4.21. The molecule has 1 aliphatic rings. The molecule has 34 heavy (non-hydrogen) atoms. The molecule has 4 aromatic rings. The number of hydrogen-bond donors (Lipinski definition) is 0. The molecule has 7 nitrogen and oxygen atoms in total. The van der Waals surface area contributed by atoms with E-state index in [9.17, 15) is 4.79 Å². The summed E-state index contributed by atoms with van der Waals surface area (Å²) in [6.45, 7) is 3.84. The second-order valence-electron chi connectivity index (χ2n) is 7.49. The van der Waals surface area contributed by atoms with Crippen LogP contribution in [-0.2, 0) is 4.79 Å². The Labute approximate surface area is 209 Å². The Hall–Kier alpha value is -3.17. The van der Waals surface area contributed by atoms with E-state index < -0.39 is 6.23 Å². The van der Waals surface area contributed by atoms with E-state index in [1.165, 1.54) is 11.8 Å². The van der Waals surface area contributed by atoms with Gasteiger partial charge in [0.1, 0.15) is 5.76 Å². The van der Waals surface area contributed by atoms with E-state index in [1.807, 2.05) is 74.5 Å². The summed E-state index contributed by atoms with van der Waals surface area (Å²) in [6.07, 6.45) is -0.559. The quantitative estimate of drug-likeness (QED) is 0.269. The number of rotatable bonds is 5. The van der Waals surface area contributed by atoms with Gasteiger partial charge in [0.05, 0.1) is 5.69 Å².